The number of aromatic nitrogens is 2. The SMILES string of the molecule is Cc1c(Cl)cccc1-n1c(C)cc(/C=C2\C(=O)NC(=O)N(c3ccncc3)C2=O)c1C. The van der Waals surface area contributed by atoms with Crippen LogP contribution >= 0.6 is 11.6 Å². The van der Waals surface area contributed by atoms with Gasteiger partial charge in [0, 0.05) is 34.5 Å². The molecule has 3 heterocycles. The van der Waals surface area contributed by atoms with E-state index in [1.54, 1.807) is 0 Å². The highest BCUT2D eigenvalue weighted by molar-refractivity contribution is 6.39. The molecule has 7 nitrogen and oxygen atoms in total. The maximum absolute atomic E-state index is 13.1. The van der Waals surface area contributed by atoms with E-state index in [0.717, 1.165) is 27.5 Å². The van der Waals surface area contributed by atoms with Gasteiger partial charge >= 0.3 is 6.03 Å². The molecular weight excluding hydrogens is 416 g/mol. The van der Waals surface area contributed by atoms with Gasteiger partial charge in [-0.3, -0.25) is 19.9 Å². The first kappa shape index (κ1) is 20.6. The average molecular weight is 435 g/mol. The first-order valence-corrected chi connectivity index (χ1v) is 9.93. The Labute approximate surface area is 184 Å². The van der Waals surface area contributed by atoms with Crippen LogP contribution in [-0.2, 0) is 9.59 Å². The molecule has 0 spiro atoms. The average Bonchev–Trinajstić information content (AvgIpc) is 3.01. The van der Waals surface area contributed by atoms with E-state index in [0.29, 0.717) is 16.3 Å². The second-order valence-corrected chi connectivity index (χ2v) is 7.62. The van der Waals surface area contributed by atoms with Crippen molar-refractivity contribution in [2.75, 3.05) is 4.90 Å². The number of hydrogen-bond acceptors (Lipinski definition) is 4. The van der Waals surface area contributed by atoms with Crippen LogP contribution in [0.1, 0.15) is 22.5 Å². The van der Waals surface area contributed by atoms with Gasteiger partial charge in [0.05, 0.1) is 5.69 Å². The van der Waals surface area contributed by atoms with Gasteiger partial charge in [-0.2, -0.15) is 0 Å². The first-order valence-electron chi connectivity index (χ1n) is 9.55. The Morgan fingerprint density at radius 1 is 1.03 bits per heavy atom. The van der Waals surface area contributed by atoms with Crippen molar-refractivity contribution in [2.45, 2.75) is 20.8 Å². The number of amides is 4. The second-order valence-electron chi connectivity index (χ2n) is 7.21. The van der Waals surface area contributed by atoms with Crippen LogP contribution in [-0.4, -0.2) is 27.4 Å². The van der Waals surface area contributed by atoms with Gasteiger partial charge in [0.15, 0.2) is 0 Å². The van der Waals surface area contributed by atoms with Gasteiger partial charge in [0.2, 0.25) is 0 Å². The summed E-state index contributed by atoms with van der Waals surface area (Å²) >= 11 is 6.29. The number of carbonyl (C=O) groups is 3. The van der Waals surface area contributed by atoms with Crippen molar-refractivity contribution in [2.24, 2.45) is 0 Å². The zero-order valence-electron chi connectivity index (χ0n) is 17.1. The molecule has 1 aromatic carbocycles. The van der Waals surface area contributed by atoms with E-state index < -0.39 is 17.8 Å². The van der Waals surface area contributed by atoms with E-state index in [9.17, 15) is 14.4 Å². The maximum atomic E-state index is 13.1. The second kappa shape index (κ2) is 7.85. The van der Waals surface area contributed by atoms with Crippen LogP contribution in [0.25, 0.3) is 11.8 Å². The van der Waals surface area contributed by atoms with Crippen LogP contribution in [0, 0.1) is 20.8 Å². The lowest BCUT2D eigenvalue weighted by Crippen LogP contribution is -2.54. The van der Waals surface area contributed by atoms with Crippen molar-refractivity contribution in [3.63, 3.8) is 0 Å². The van der Waals surface area contributed by atoms with E-state index in [1.807, 2.05) is 49.6 Å². The Hall–Kier alpha value is -3.71. The van der Waals surface area contributed by atoms with Crippen LogP contribution in [0.15, 0.2) is 54.4 Å². The third kappa shape index (κ3) is 3.53. The Kier molecular flexibility index (Phi) is 5.20. The van der Waals surface area contributed by atoms with E-state index in [2.05, 4.69) is 10.3 Å². The molecule has 0 aliphatic carbocycles. The van der Waals surface area contributed by atoms with E-state index >= 15 is 0 Å². The normalized spacial score (nSPS) is 15.5. The molecule has 1 aliphatic heterocycles. The number of rotatable bonds is 3. The predicted molar refractivity (Wildman–Crippen MR) is 118 cm³/mol. The lowest BCUT2D eigenvalue weighted by molar-refractivity contribution is -0.122. The summed E-state index contributed by atoms with van der Waals surface area (Å²) in [6.45, 7) is 5.77. The topological polar surface area (TPSA) is 84.3 Å². The largest absolute Gasteiger partial charge is 0.335 e. The zero-order chi connectivity index (χ0) is 22.3. The summed E-state index contributed by atoms with van der Waals surface area (Å²) in [7, 11) is 0. The van der Waals surface area contributed by atoms with Gasteiger partial charge in [-0.15, -0.1) is 0 Å². The van der Waals surface area contributed by atoms with Crippen LogP contribution in [0.4, 0.5) is 10.5 Å². The van der Waals surface area contributed by atoms with Gasteiger partial charge in [-0.05, 0) is 68.3 Å². The highest BCUT2D eigenvalue weighted by Crippen LogP contribution is 2.29. The number of nitrogens with zero attached hydrogens (tertiary/aromatic N) is 3. The van der Waals surface area contributed by atoms with Crippen LogP contribution in [0.2, 0.25) is 5.02 Å². The number of anilines is 1. The fourth-order valence-electron chi connectivity index (χ4n) is 3.68. The van der Waals surface area contributed by atoms with Crippen LogP contribution < -0.4 is 10.2 Å². The highest BCUT2D eigenvalue weighted by atomic mass is 35.5. The lowest BCUT2D eigenvalue weighted by Gasteiger charge is -2.26. The molecule has 0 saturated carbocycles. The molecule has 3 aromatic rings. The fourth-order valence-corrected chi connectivity index (χ4v) is 3.85. The predicted octanol–water partition coefficient (Wildman–Crippen LogP) is 4.12. The van der Waals surface area contributed by atoms with Gasteiger partial charge in [0.1, 0.15) is 5.57 Å². The summed E-state index contributed by atoms with van der Waals surface area (Å²) in [6.07, 6.45) is 4.45. The molecule has 1 fully saturated rings. The Morgan fingerprint density at radius 2 is 1.74 bits per heavy atom. The first-order chi connectivity index (χ1) is 14.8. The van der Waals surface area contributed by atoms with Crippen molar-refractivity contribution in [1.29, 1.82) is 0 Å². The molecular formula is C23H19ClN4O3. The number of benzene rings is 1. The standard InChI is InChI=1S/C23H19ClN4O3/c1-13-11-16(15(3)27(13)20-6-4-5-19(24)14(20)2)12-18-21(29)26-23(31)28(22(18)30)17-7-9-25-10-8-17/h4-12H,1-3H3,(H,26,29,31)/b18-12+. The molecule has 1 saturated heterocycles. The molecule has 0 atom stereocenters. The van der Waals surface area contributed by atoms with Gasteiger partial charge in [-0.1, -0.05) is 17.7 Å². The minimum absolute atomic E-state index is 0.125. The number of barbiturate groups is 1. The number of imide groups is 2. The number of halogens is 1. The number of nitrogens with one attached hydrogen (secondary N) is 1. The molecule has 4 rings (SSSR count). The molecule has 0 unspecified atom stereocenters. The molecule has 156 valence electrons. The third-order valence-corrected chi connectivity index (χ3v) is 5.68. The summed E-state index contributed by atoms with van der Waals surface area (Å²) in [6, 6.07) is 9.80. The number of carbonyl (C=O) groups excluding carboxylic acids is 3. The smallest absolute Gasteiger partial charge is 0.318 e. The molecule has 0 radical (unpaired) electrons. The molecule has 0 bridgehead atoms. The summed E-state index contributed by atoms with van der Waals surface area (Å²) in [5, 5.41) is 2.88. The van der Waals surface area contributed by atoms with E-state index in [4.69, 9.17) is 11.6 Å². The van der Waals surface area contributed by atoms with Crippen molar-refractivity contribution >= 4 is 41.2 Å². The van der Waals surface area contributed by atoms with Gasteiger partial charge in [0.25, 0.3) is 11.8 Å². The number of hydrogen-bond donors (Lipinski definition) is 1. The van der Waals surface area contributed by atoms with Crippen LogP contribution in [0.3, 0.4) is 0 Å². The molecule has 2 aromatic heterocycles. The number of urea groups is 1. The molecule has 8 heteroatoms. The Bertz CT molecular complexity index is 1260. The van der Waals surface area contributed by atoms with Gasteiger partial charge < -0.3 is 4.57 Å². The van der Waals surface area contributed by atoms with Crippen molar-refractivity contribution in [3.8, 4) is 5.69 Å². The Balaban J connectivity index is 1.79. The summed E-state index contributed by atoms with van der Waals surface area (Å²) in [4.78, 5) is 42.7. The molecule has 1 N–H and O–H groups in total. The summed E-state index contributed by atoms with van der Waals surface area (Å²) < 4.78 is 2.02. The highest BCUT2D eigenvalue weighted by Gasteiger charge is 2.37. The third-order valence-electron chi connectivity index (χ3n) is 5.27. The van der Waals surface area contributed by atoms with Crippen molar-refractivity contribution < 1.29 is 14.4 Å². The van der Waals surface area contributed by atoms with E-state index in [-0.39, 0.29) is 5.57 Å². The molecule has 4 amide bonds. The monoisotopic (exact) mass is 434 g/mol. The molecule has 1 aliphatic rings. The quantitative estimate of drug-likeness (QED) is 0.496. The number of pyridine rings is 1. The maximum Gasteiger partial charge on any atom is 0.335 e. The van der Waals surface area contributed by atoms with E-state index in [1.165, 1.54) is 30.6 Å². The minimum Gasteiger partial charge on any atom is -0.318 e. The van der Waals surface area contributed by atoms with Crippen LogP contribution in [0.5, 0.6) is 0 Å². The fraction of sp³-hybridized carbons (Fsp3) is 0.130. The van der Waals surface area contributed by atoms with Crippen molar-refractivity contribution in [1.82, 2.24) is 14.9 Å². The number of aryl methyl sites for hydroxylation is 1. The minimum atomic E-state index is -0.793. The zero-order valence-corrected chi connectivity index (χ0v) is 17.9. The lowest BCUT2D eigenvalue weighted by atomic mass is 10.1. The Morgan fingerprint density at radius 3 is 2.45 bits per heavy atom. The summed E-state index contributed by atoms with van der Waals surface area (Å²) in [5.74, 6) is -1.42. The van der Waals surface area contributed by atoms with Gasteiger partial charge in [-0.25, -0.2) is 9.69 Å². The molecule has 31 heavy (non-hydrogen) atoms. The van der Waals surface area contributed by atoms with Crippen molar-refractivity contribution in [3.05, 3.63) is 81.9 Å². The summed E-state index contributed by atoms with van der Waals surface area (Å²) in [5.41, 5.74) is 4.49.